The molecule has 7 nitrogen and oxygen atoms in total. The average molecular weight is 247 g/mol. The van der Waals surface area contributed by atoms with Crippen LogP contribution in [0.4, 0.5) is 5.95 Å². The normalized spacial score (nSPS) is 24.5. The van der Waals surface area contributed by atoms with Crippen molar-refractivity contribution in [1.82, 2.24) is 19.5 Å². The first kappa shape index (κ1) is 11.2. The molecule has 96 valence electrons. The Kier molecular flexibility index (Phi) is 2.55. The topological polar surface area (TPSA) is 122 Å². The predicted molar refractivity (Wildman–Crippen MR) is 67.6 cm³/mol. The third kappa shape index (κ3) is 1.67. The first-order valence-corrected chi connectivity index (χ1v) is 6.18. The van der Waals surface area contributed by atoms with Gasteiger partial charge in [-0.15, -0.1) is 0 Å². The van der Waals surface area contributed by atoms with Crippen LogP contribution in [-0.2, 0) is 0 Å². The van der Waals surface area contributed by atoms with Crippen molar-refractivity contribution in [3.8, 4) is 0 Å². The molecule has 0 unspecified atom stereocenters. The van der Waals surface area contributed by atoms with Crippen LogP contribution in [0.15, 0.2) is 6.33 Å². The minimum Gasteiger partial charge on any atom is -0.369 e. The van der Waals surface area contributed by atoms with E-state index in [1.807, 2.05) is 0 Å². The van der Waals surface area contributed by atoms with E-state index in [1.165, 1.54) is 6.33 Å². The number of nitrogen functional groups attached to an aromatic ring is 1. The summed E-state index contributed by atoms with van der Waals surface area (Å²) in [5, 5.41) is 8.22. The van der Waals surface area contributed by atoms with Crippen molar-refractivity contribution in [3.05, 3.63) is 11.8 Å². The molecular weight excluding hydrogens is 230 g/mol. The van der Waals surface area contributed by atoms with Gasteiger partial charge in [-0.3, -0.25) is 9.98 Å². The van der Waals surface area contributed by atoms with E-state index in [9.17, 15) is 0 Å². The quantitative estimate of drug-likeness (QED) is 0.577. The largest absolute Gasteiger partial charge is 0.369 e. The van der Waals surface area contributed by atoms with Crippen LogP contribution in [0.3, 0.4) is 0 Å². The fraction of sp³-hybridized carbons (Fsp3) is 0.545. The second-order valence-electron chi connectivity index (χ2n) is 4.86. The molecule has 3 rings (SSSR count). The molecule has 0 amide bonds. The molecule has 6 N–H and O–H groups in total. The van der Waals surface area contributed by atoms with Gasteiger partial charge >= 0.3 is 0 Å². The summed E-state index contributed by atoms with van der Waals surface area (Å²) in [5.74, 6) is 0.361. The van der Waals surface area contributed by atoms with Crippen LogP contribution in [0.2, 0.25) is 0 Å². The van der Waals surface area contributed by atoms with E-state index in [0.29, 0.717) is 22.6 Å². The molecule has 0 radical (unpaired) electrons. The SMILES string of the molecule is N=c1c2[nH]cnc2nc(N)n1C1CCC(N)CC1. The van der Waals surface area contributed by atoms with Crippen molar-refractivity contribution in [2.75, 3.05) is 5.73 Å². The zero-order valence-corrected chi connectivity index (χ0v) is 10.1. The van der Waals surface area contributed by atoms with Gasteiger partial charge in [-0.2, -0.15) is 4.98 Å². The first-order valence-electron chi connectivity index (χ1n) is 6.18. The minimum absolute atomic E-state index is 0.220. The maximum absolute atomic E-state index is 8.22. The number of nitrogens with two attached hydrogens (primary N) is 2. The van der Waals surface area contributed by atoms with Gasteiger partial charge in [-0.25, -0.2) is 4.98 Å². The standard InChI is InChI=1S/C11H17N7/c12-6-1-3-7(4-2-6)18-9(13)8-10(16-5-15-8)17-11(18)14/h5-7,13H,1-4,12H2,(H2,14,17)(H,15,16). The van der Waals surface area contributed by atoms with Gasteiger partial charge in [0.1, 0.15) is 5.52 Å². The average Bonchev–Trinajstić information content (AvgIpc) is 2.80. The molecule has 2 aromatic heterocycles. The maximum atomic E-state index is 8.22. The summed E-state index contributed by atoms with van der Waals surface area (Å²) in [5.41, 5.74) is 13.4. The van der Waals surface area contributed by atoms with Crippen LogP contribution >= 0.6 is 0 Å². The Hall–Kier alpha value is -1.89. The Morgan fingerprint density at radius 1 is 1.33 bits per heavy atom. The summed E-state index contributed by atoms with van der Waals surface area (Å²) in [6, 6.07) is 0.499. The molecule has 1 aliphatic rings. The van der Waals surface area contributed by atoms with E-state index >= 15 is 0 Å². The lowest BCUT2D eigenvalue weighted by Crippen LogP contribution is -2.34. The molecule has 1 fully saturated rings. The molecule has 2 aromatic rings. The second kappa shape index (κ2) is 4.09. The summed E-state index contributed by atoms with van der Waals surface area (Å²) in [7, 11) is 0. The van der Waals surface area contributed by atoms with Crippen molar-refractivity contribution < 1.29 is 0 Å². The van der Waals surface area contributed by atoms with Crippen LogP contribution in [0, 0.1) is 5.41 Å². The second-order valence-corrected chi connectivity index (χ2v) is 4.86. The Bertz CT molecular complexity index is 618. The number of hydrogen-bond acceptors (Lipinski definition) is 5. The molecule has 1 saturated carbocycles. The Morgan fingerprint density at radius 2 is 2.06 bits per heavy atom. The Morgan fingerprint density at radius 3 is 2.78 bits per heavy atom. The van der Waals surface area contributed by atoms with Crippen molar-refractivity contribution in [2.45, 2.75) is 37.8 Å². The Labute approximate surface area is 104 Å². The van der Waals surface area contributed by atoms with Crippen molar-refractivity contribution in [1.29, 1.82) is 5.41 Å². The molecule has 0 aliphatic heterocycles. The predicted octanol–water partition coefficient (Wildman–Crippen LogP) is 0.263. The van der Waals surface area contributed by atoms with E-state index < -0.39 is 0 Å². The highest BCUT2D eigenvalue weighted by atomic mass is 15.2. The van der Waals surface area contributed by atoms with Crippen LogP contribution in [0.25, 0.3) is 11.2 Å². The van der Waals surface area contributed by atoms with E-state index in [1.54, 1.807) is 4.57 Å². The van der Waals surface area contributed by atoms with Crippen LogP contribution in [0.1, 0.15) is 31.7 Å². The van der Waals surface area contributed by atoms with Crippen molar-refractivity contribution >= 4 is 17.1 Å². The number of anilines is 1. The van der Waals surface area contributed by atoms with E-state index in [2.05, 4.69) is 15.0 Å². The summed E-state index contributed by atoms with van der Waals surface area (Å²) in [6.07, 6.45) is 5.37. The summed E-state index contributed by atoms with van der Waals surface area (Å²) in [4.78, 5) is 11.2. The van der Waals surface area contributed by atoms with Crippen LogP contribution in [-0.4, -0.2) is 25.6 Å². The van der Waals surface area contributed by atoms with Gasteiger partial charge in [0, 0.05) is 12.1 Å². The third-order valence-electron chi connectivity index (χ3n) is 3.67. The Balaban J connectivity index is 2.08. The molecule has 7 heteroatoms. The number of fused-ring (bicyclic) bond motifs is 1. The van der Waals surface area contributed by atoms with Gasteiger partial charge in [-0.05, 0) is 25.7 Å². The summed E-state index contributed by atoms with van der Waals surface area (Å²) >= 11 is 0. The summed E-state index contributed by atoms with van der Waals surface area (Å²) in [6.45, 7) is 0. The van der Waals surface area contributed by atoms with Gasteiger partial charge in [0.05, 0.1) is 6.33 Å². The van der Waals surface area contributed by atoms with E-state index in [4.69, 9.17) is 16.9 Å². The molecule has 0 saturated heterocycles. The smallest absolute Gasteiger partial charge is 0.204 e. The highest BCUT2D eigenvalue weighted by Gasteiger charge is 2.22. The zero-order valence-electron chi connectivity index (χ0n) is 10.1. The van der Waals surface area contributed by atoms with E-state index in [0.717, 1.165) is 25.7 Å². The third-order valence-corrected chi connectivity index (χ3v) is 3.67. The molecule has 2 heterocycles. The van der Waals surface area contributed by atoms with Gasteiger partial charge in [0.2, 0.25) is 5.95 Å². The molecule has 0 atom stereocenters. The molecule has 0 aromatic carbocycles. The minimum atomic E-state index is 0.220. The number of imidazole rings is 1. The summed E-state index contributed by atoms with van der Waals surface area (Å²) < 4.78 is 1.80. The van der Waals surface area contributed by atoms with Gasteiger partial charge in [0.15, 0.2) is 11.1 Å². The number of H-pyrrole nitrogens is 1. The number of aromatic nitrogens is 4. The van der Waals surface area contributed by atoms with E-state index in [-0.39, 0.29) is 12.1 Å². The first-order chi connectivity index (χ1) is 8.66. The van der Waals surface area contributed by atoms with Gasteiger partial charge in [-0.1, -0.05) is 0 Å². The van der Waals surface area contributed by atoms with Crippen molar-refractivity contribution in [2.24, 2.45) is 5.73 Å². The highest BCUT2D eigenvalue weighted by Crippen LogP contribution is 2.28. The number of hydrogen-bond donors (Lipinski definition) is 4. The zero-order chi connectivity index (χ0) is 12.7. The number of aromatic amines is 1. The monoisotopic (exact) mass is 247 g/mol. The lowest BCUT2D eigenvalue weighted by molar-refractivity contribution is 0.318. The molecule has 18 heavy (non-hydrogen) atoms. The lowest BCUT2D eigenvalue weighted by Gasteiger charge is -2.28. The van der Waals surface area contributed by atoms with Gasteiger partial charge < -0.3 is 16.5 Å². The molecule has 0 spiro atoms. The van der Waals surface area contributed by atoms with Crippen LogP contribution in [0.5, 0.6) is 0 Å². The molecule has 1 aliphatic carbocycles. The highest BCUT2D eigenvalue weighted by molar-refractivity contribution is 5.69. The number of rotatable bonds is 1. The van der Waals surface area contributed by atoms with Crippen molar-refractivity contribution in [3.63, 3.8) is 0 Å². The fourth-order valence-electron chi connectivity index (χ4n) is 2.67. The maximum Gasteiger partial charge on any atom is 0.204 e. The number of nitrogens with zero attached hydrogens (tertiary/aromatic N) is 3. The molecule has 0 bridgehead atoms. The van der Waals surface area contributed by atoms with Crippen LogP contribution < -0.4 is 17.0 Å². The number of nitrogens with one attached hydrogen (secondary N) is 2. The fourth-order valence-corrected chi connectivity index (χ4v) is 2.67. The van der Waals surface area contributed by atoms with Gasteiger partial charge in [0.25, 0.3) is 0 Å². The lowest BCUT2D eigenvalue weighted by atomic mass is 9.91. The molecular formula is C11H17N7.